The Morgan fingerprint density at radius 2 is 2.04 bits per heavy atom. The van der Waals surface area contributed by atoms with Crippen LogP contribution in [0.25, 0.3) is 0 Å². The standard InChI is InChI=1S/C18H18N2O6/c21-16(22)7-6-15(18(24)25)20-10-13-12(17(20)23)4-1-5-14(13)19-9-11-3-2-8-26-11/h1-5,8,15,19H,6-7,9-10H2,(H,21,22)(H,24,25). The first-order valence-electron chi connectivity index (χ1n) is 8.11. The van der Waals surface area contributed by atoms with Crippen LogP contribution in [0.2, 0.25) is 0 Å². The summed E-state index contributed by atoms with van der Waals surface area (Å²) in [7, 11) is 0. The highest BCUT2D eigenvalue weighted by atomic mass is 16.4. The van der Waals surface area contributed by atoms with Crippen molar-refractivity contribution >= 4 is 23.5 Å². The van der Waals surface area contributed by atoms with E-state index in [0.29, 0.717) is 17.7 Å². The summed E-state index contributed by atoms with van der Waals surface area (Å²) in [5.74, 6) is -1.98. The molecular formula is C18H18N2O6. The number of nitrogens with one attached hydrogen (secondary N) is 1. The van der Waals surface area contributed by atoms with Gasteiger partial charge in [0.15, 0.2) is 0 Å². The largest absolute Gasteiger partial charge is 0.481 e. The number of hydrogen-bond donors (Lipinski definition) is 3. The lowest BCUT2D eigenvalue weighted by Gasteiger charge is -2.23. The second kappa shape index (κ2) is 7.30. The number of benzene rings is 1. The van der Waals surface area contributed by atoms with Gasteiger partial charge in [-0.3, -0.25) is 9.59 Å². The van der Waals surface area contributed by atoms with Crippen molar-refractivity contribution in [3.8, 4) is 0 Å². The number of aliphatic carboxylic acids is 2. The highest BCUT2D eigenvalue weighted by molar-refractivity contribution is 6.02. The summed E-state index contributed by atoms with van der Waals surface area (Å²) in [6.07, 6.45) is 1.11. The first-order chi connectivity index (χ1) is 12.5. The van der Waals surface area contributed by atoms with Gasteiger partial charge in [0.1, 0.15) is 11.8 Å². The molecular weight excluding hydrogens is 340 g/mol. The van der Waals surface area contributed by atoms with Crippen molar-refractivity contribution < 1.29 is 29.0 Å². The summed E-state index contributed by atoms with van der Waals surface area (Å²) in [5, 5.41) is 21.4. The fourth-order valence-corrected chi connectivity index (χ4v) is 3.04. The molecule has 0 radical (unpaired) electrons. The van der Waals surface area contributed by atoms with E-state index in [1.54, 1.807) is 24.5 Å². The Morgan fingerprint density at radius 3 is 2.69 bits per heavy atom. The number of furan rings is 1. The van der Waals surface area contributed by atoms with E-state index in [0.717, 1.165) is 11.4 Å². The normalized spacial score (nSPS) is 14.2. The van der Waals surface area contributed by atoms with Crippen molar-refractivity contribution in [1.29, 1.82) is 0 Å². The molecule has 3 rings (SSSR count). The predicted molar refractivity (Wildman–Crippen MR) is 90.6 cm³/mol. The van der Waals surface area contributed by atoms with Crippen molar-refractivity contribution in [2.75, 3.05) is 5.32 Å². The monoisotopic (exact) mass is 358 g/mol. The lowest BCUT2D eigenvalue weighted by atomic mass is 10.1. The van der Waals surface area contributed by atoms with Gasteiger partial charge in [-0.1, -0.05) is 6.07 Å². The van der Waals surface area contributed by atoms with Crippen molar-refractivity contribution in [3.05, 3.63) is 53.5 Å². The van der Waals surface area contributed by atoms with Crippen molar-refractivity contribution in [1.82, 2.24) is 4.90 Å². The molecule has 2 aromatic rings. The maximum Gasteiger partial charge on any atom is 0.326 e. The summed E-state index contributed by atoms with van der Waals surface area (Å²) in [6, 6.07) is 7.59. The van der Waals surface area contributed by atoms with E-state index in [4.69, 9.17) is 9.52 Å². The lowest BCUT2D eigenvalue weighted by Crippen LogP contribution is -2.41. The van der Waals surface area contributed by atoms with Crippen molar-refractivity contribution in [3.63, 3.8) is 0 Å². The summed E-state index contributed by atoms with van der Waals surface area (Å²) >= 11 is 0. The van der Waals surface area contributed by atoms with Crippen LogP contribution in [0.4, 0.5) is 5.69 Å². The molecule has 1 aliphatic heterocycles. The fourth-order valence-electron chi connectivity index (χ4n) is 3.04. The van der Waals surface area contributed by atoms with Gasteiger partial charge >= 0.3 is 11.9 Å². The number of carbonyl (C=O) groups is 3. The Kier molecular flexibility index (Phi) is 4.92. The minimum atomic E-state index is -1.21. The maximum absolute atomic E-state index is 12.6. The first kappa shape index (κ1) is 17.5. The summed E-state index contributed by atoms with van der Waals surface area (Å²) in [6.45, 7) is 0.547. The molecule has 0 saturated heterocycles. The molecule has 1 unspecified atom stereocenters. The molecule has 3 N–H and O–H groups in total. The topological polar surface area (TPSA) is 120 Å². The van der Waals surface area contributed by atoms with Gasteiger partial charge in [-0.15, -0.1) is 0 Å². The summed E-state index contributed by atoms with van der Waals surface area (Å²) in [5.41, 5.74) is 1.85. The van der Waals surface area contributed by atoms with Crippen molar-refractivity contribution in [2.45, 2.75) is 32.0 Å². The molecule has 8 nitrogen and oxygen atoms in total. The third-order valence-corrected chi connectivity index (χ3v) is 4.32. The number of fused-ring (bicyclic) bond motifs is 1. The Labute approximate surface area is 149 Å². The Hall–Kier alpha value is -3.29. The van der Waals surface area contributed by atoms with Gasteiger partial charge in [0, 0.05) is 29.8 Å². The molecule has 0 aliphatic carbocycles. The molecule has 2 heterocycles. The molecule has 1 aliphatic rings. The average Bonchev–Trinajstić information content (AvgIpc) is 3.22. The first-order valence-corrected chi connectivity index (χ1v) is 8.11. The Balaban J connectivity index is 1.79. The number of amides is 1. The second-order valence-corrected chi connectivity index (χ2v) is 5.98. The number of rotatable bonds is 8. The van der Waals surface area contributed by atoms with Gasteiger partial charge in [0.25, 0.3) is 5.91 Å². The number of carboxylic acids is 2. The smallest absolute Gasteiger partial charge is 0.326 e. The number of hydrogen-bond acceptors (Lipinski definition) is 5. The molecule has 8 heteroatoms. The molecule has 0 bridgehead atoms. The maximum atomic E-state index is 12.6. The molecule has 0 spiro atoms. The Bertz CT molecular complexity index is 830. The van der Waals surface area contributed by atoms with Gasteiger partial charge in [0.2, 0.25) is 0 Å². The number of carbonyl (C=O) groups excluding carboxylic acids is 1. The van der Waals surface area contributed by atoms with Crippen LogP contribution in [0, 0.1) is 0 Å². The van der Waals surface area contributed by atoms with Gasteiger partial charge in [-0.2, -0.15) is 0 Å². The molecule has 136 valence electrons. The zero-order chi connectivity index (χ0) is 18.7. The highest BCUT2D eigenvalue weighted by Gasteiger charge is 2.37. The quantitative estimate of drug-likeness (QED) is 0.661. The second-order valence-electron chi connectivity index (χ2n) is 5.98. The average molecular weight is 358 g/mol. The number of nitrogens with zero attached hydrogens (tertiary/aromatic N) is 1. The minimum absolute atomic E-state index is 0.117. The van der Waals surface area contributed by atoms with Crippen molar-refractivity contribution in [2.24, 2.45) is 0 Å². The molecule has 0 fully saturated rings. The van der Waals surface area contributed by atoms with Crippen LogP contribution in [0.1, 0.15) is 34.5 Å². The van der Waals surface area contributed by atoms with Gasteiger partial charge in [-0.25, -0.2) is 4.79 Å². The SMILES string of the molecule is O=C(O)CCC(C(=O)O)N1Cc2c(NCc3ccco3)cccc2C1=O. The van der Waals surface area contributed by atoms with Crippen LogP contribution < -0.4 is 5.32 Å². The molecule has 1 aromatic carbocycles. The third-order valence-electron chi connectivity index (χ3n) is 4.32. The zero-order valence-corrected chi connectivity index (χ0v) is 13.8. The number of anilines is 1. The molecule has 0 saturated carbocycles. The summed E-state index contributed by atoms with van der Waals surface area (Å²) < 4.78 is 5.27. The number of carboxylic acid groups (broad SMARTS) is 2. The van der Waals surface area contributed by atoms with Crippen LogP contribution in [-0.4, -0.2) is 39.0 Å². The van der Waals surface area contributed by atoms with E-state index in [2.05, 4.69) is 5.32 Å². The van der Waals surface area contributed by atoms with Crippen LogP contribution in [-0.2, 0) is 22.7 Å². The van der Waals surface area contributed by atoms with E-state index in [-0.39, 0.29) is 19.4 Å². The van der Waals surface area contributed by atoms with E-state index in [1.165, 1.54) is 4.90 Å². The van der Waals surface area contributed by atoms with Crippen LogP contribution in [0.15, 0.2) is 41.0 Å². The summed E-state index contributed by atoms with van der Waals surface area (Å²) in [4.78, 5) is 36.2. The van der Waals surface area contributed by atoms with Gasteiger partial charge in [0.05, 0.1) is 12.8 Å². The minimum Gasteiger partial charge on any atom is -0.481 e. The predicted octanol–water partition coefficient (Wildman–Crippen LogP) is 2.17. The zero-order valence-electron chi connectivity index (χ0n) is 13.8. The van der Waals surface area contributed by atoms with Gasteiger partial charge in [-0.05, 0) is 30.7 Å². The fraction of sp³-hybridized carbons (Fsp3) is 0.278. The van der Waals surface area contributed by atoms with Crippen LogP contribution in [0.5, 0.6) is 0 Å². The molecule has 26 heavy (non-hydrogen) atoms. The molecule has 1 aromatic heterocycles. The Morgan fingerprint density at radius 1 is 1.23 bits per heavy atom. The third kappa shape index (κ3) is 3.53. The van der Waals surface area contributed by atoms with Crippen LogP contribution in [0.3, 0.4) is 0 Å². The van der Waals surface area contributed by atoms with Gasteiger partial charge < -0.3 is 24.8 Å². The van der Waals surface area contributed by atoms with E-state index >= 15 is 0 Å². The molecule has 1 atom stereocenters. The van der Waals surface area contributed by atoms with E-state index in [9.17, 15) is 19.5 Å². The van der Waals surface area contributed by atoms with Crippen LogP contribution >= 0.6 is 0 Å². The van der Waals surface area contributed by atoms with E-state index < -0.39 is 23.9 Å². The molecule has 1 amide bonds. The van der Waals surface area contributed by atoms with E-state index in [1.807, 2.05) is 12.1 Å². The highest BCUT2D eigenvalue weighted by Crippen LogP contribution is 2.32. The lowest BCUT2D eigenvalue weighted by molar-refractivity contribution is -0.143.